The smallest absolute Gasteiger partial charge is 0.433 e. The molecular weight excluding hydrogens is 404 g/mol. The molecule has 4 aromatic rings. The number of alkyl halides is 3. The first-order valence-electron chi connectivity index (χ1n) is 8.58. The molecule has 154 valence electrons. The lowest BCUT2D eigenvalue weighted by atomic mass is 9.98. The number of anilines is 1. The molecule has 0 fully saturated rings. The third kappa shape index (κ3) is 3.27. The monoisotopic (exact) mass is 418 g/mol. The molecule has 1 aromatic carbocycles. The molecule has 0 unspecified atom stereocenters. The van der Waals surface area contributed by atoms with Gasteiger partial charge in [-0.15, -0.1) is 0 Å². The van der Waals surface area contributed by atoms with Crippen molar-refractivity contribution in [2.24, 2.45) is 0 Å². The van der Waals surface area contributed by atoms with Gasteiger partial charge in [0.25, 0.3) is 0 Å². The Labute approximate surface area is 167 Å². The van der Waals surface area contributed by atoms with Gasteiger partial charge >= 0.3 is 6.18 Å². The van der Waals surface area contributed by atoms with Crippen LogP contribution in [0, 0.1) is 12.7 Å². The molecule has 30 heavy (non-hydrogen) atoms. The first kappa shape index (κ1) is 19.6. The quantitative estimate of drug-likeness (QED) is 0.508. The number of hydrogen-bond donors (Lipinski definition) is 1. The van der Waals surface area contributed by atoms with Gasteiger partial charge in [-0.2, -0.15) is 22.8 Å². The number of nitrogens with two attached hydrogens (primary N) is 1. The molecule has 4 rings (SSSR count). The largest absolute Gasteiger partial charge is 0.496 e. The number of fused-ring (bicyclic) bond motifs is 1. The van der Waals surface area contributed by atoms with Crippen molar-refractivity contribution in [2.45, 2.75) is 13.1 Å². The number of methoxy groups -OCH3 is 1. The molecule has 0 saturated heterocycles. The van der Waals surface area contributed by atoms with Crippen LogP contribution in [-0.4, -0.2) is 31.7 Å². The van der Waals surface area contributed by atoms with E-state index in [0.29, 0.717) is 5.56 Å². The van der Waals surface area contributed by atoms with Gasteiger partial charge in [0.1, 0.15) is 23.6 Å². The molecule has 0 radical (unpaired) electrons. The first-order valence-corrected chi connectivity index (χ1v) is 8.58. The lowest BCUT2D eigenvalue weighted by molar-refractivity contribution is -0.141. The standard InChI is InChI=1S/C19H14F4N6O/c1-9-5-10(6-14(27-9)19(21,22)23)15-16(12-4-3-11(20)7-13(12)30-2)28-18(24)29-17(15)25-8-26-29/h3-8H,1-2H3,(H2,24,28). The summed E-state index contributed by atoms with van der Waals surface area (Å²) < 4.78 is 60.3. The second-order valence-electron chi connectivity index (χ2n) is 6.41. The highest BCUT2D eigenvalue weighted by molar-refractivity contribution is 5.92. The van der Waals surface area contributed by atoms with Crippen molar-refractivity contribution in [2.75, 3.05) is 12.8 Å². The summed E-state index contributed by atoms with van der Waals surface area (Å²) in [7, 11) is 1.34. The maximum Gasteiger partial charge on any atom is 0.433 e. The number of aromatic nitrogens is 5. The summed E-state index contributed by atoms with van der Waals surface area (Å²) in [6.45, 7) is 1.45. The van der Waals surface area contributed by atoms with Crippen LogP contribution in [0.1, 0.15) is 11.4 Å². The Morgan fingerprint density at radius 3 is 2.57 bits per heavy atom. The SMILES string of the molecule is COc1cc(F)ccc1-c1nc(N)n2ncnc2c1-c1cc(C)nc(C(F)(F)F)c1. The van der Waals surface area contributed by atoms with E-state index in [1.54, 1.807) is 0 Å². The van der Waals surface area contributed by atoms with E-state index in [4.69, 9.17) is 10.5 Å². The Balaban J connectivity index is 2.11. The highest BCUT2D eigenvalue weighted by Gasteiger charge is 2.34. The van der Waals surface area contributed by atoms with Crippen LogP contribution >= 0.6 is 0 Å². The summed E-state index contributed by atoms with van der Waals surface area (Å²) in [6.07, 6.45) is -3.44. The molecule has 0 aliphatic heterocycles. The van der Waals surface area contributed by atoms with Gasteiger partial charge in [0.2, 0.25) is 5.95 Å². The van der Waals surface area contributed by atoms with Crippen molar-refractivity contribution in [3.63, 3.8) is 0 Å². The van der Waals surface area contributed by atoms with Crippen LogP contribution in [0.2, 0.25) is 0 Å². The first-order chi connectivity index (χ1) is 14.2. The number of aryl methyl sites for hydroxylation is 1. The fourth-order valence-corrected chi connectivity index (χ4v) is 3.18. The topological polar surface area (TPSA) is 91.2 Å². The van der Waals surface area contributed by atoms with Crippen molar-refractivity contribution in [3.8, 4) is 28.1 Å². The van der Waals surface area contributed by atoms with Crippen LogP contribution < -0.4 is 10.5 Å². The Morgan fingerprint density at radius 1 is 1.10 bits per heavy atom. The molecule has 3 heterocycles. The molecule has 11 heteroatoms. The molecular formula is C19H14F4N6O. The van der Waals surface area contributed by atoms with Gasteiger partial charge in [-0.1, -0.05) is 0 Å². The summed E-state index contributed by atoms with van der Waals surface area (Å²) in [5.41, 5.74) is 6.12. The second kappa shape index (κ2) is 6.94. The lowest BCUT2D eigenvalue weighted by Crippen LogP contribution is -2.10. The molecule has 0 atom stereocenters. The number of hydrogen-bond acceptors (Lipinski definition) is 6. The zero-order valence-electron chi connectivity index (χ0n) is 15.7. The minimum atomic E-state index is -4.65. The zero-order chi connectivity index (χ0) is 21.6. The second-order valence-corrected chi connectivity index (χ2v) is 6.41. The number of pyridine rings is 1. The van der Waals surface area contributed by atoms with E-state index < -0.39 is 17.7 Å². The summed E-state index contributed by atoms with van der Waals surface area (Å²) >= 11 is 0. The third-order valence-corrected chi connectivity index (χ3v) is 4.40. The molecule has 0 saturated carbocycles. The number of nitrogen functional groups attached to an aromatic ring is 1. The summed E-state index contributed by atoms with van der Waals surface area (Å²) in [5.74, 6) is -0.462. The Kier molecular flexibility index (Phi) is 4.52. The highest BCUT2D eigenvalue weighted by atomic mass is 19.4. The highest BCUT2D eigenvalue weighted by Crippen LogP contribution is 2.40. The number of ether oxygens (including phenoxy) is 1. The normalized spacial score (nSPS) is 11.8. The fourth-order valence-electron chi connectivity index (χ4n) is 3.18. The van der Waals surface area contributed by atoms with Crippen LogP contribution in [0.5, 0.6) is 5.75 Å². The van der Waals surface area contributed by atoms with Gasteiger partial charge in [0.15, 0.2) is 5.65 Å². The van der Waals surface area contributed by atoms with Gasteiger partial charge in [0.05, 0.1) is 18.4 Å². The molecule has 7 nitrogen and oxygen atoms in total. The Morgan fingerprint density at radius 2 is 1.87 bits per heavy atom. The fraction of sp³-hybridized carbons (Fsp3) is 0.158. The van der Waals surface area contributed by atoms with E-state index >= 15 is 0 Å². The van der Waals surface area contributed by atoms with Crippen molar-refractivity contribution >= 4 is 11.6 Å². The number of nitrogens with zero attached hydrogens (tertiary/aromatic N) is 5. The van der Waals surface area contributed by atoms with E-state index in [2.05, 4.69) is 20.1 Å². The molecule has 0 aliphatic rings. The van der Waals surface area contributed by atoms with Crippen molar-refractivity contribution in [1.82, 2.24) is 24.6 Å². The van der Waals surface area contributed by atoms with Gasteiger partial charge in [-0.3, -0.25) is 0 Å². The van der Waals surface area contributed by atoms with E-state index in [1.807, 2.05) is 0 Å². The zero-order valence-corrected chi connectivity index (χ0v) is 15.7. The van der Waals surface area contributed by atoms with Crippen molar-refractivity contribution in [3.05, 3.63) is 53.9 Å². The summed E-state index contributed by atoms with van der Waals surface area (Å²) in [5, 5.41) is 3.98. The lowest BCUT2D eigenvalue weighted by Gasteiger charge is -2.16. The van der Waals surface area contributed by atoms with E-state index in [0.717, 1.165) is 12.1 Å². The van der Waals surface area contributed by atoms with Crippen LogP contribution in [0.15, 0.2) is 36.7 Å². The molecule has 0 aliphatic carbocycles. The maximum atomic E-state index is 13.7. The molecule has 0 bridgehead atoms. The van der Waals surface area contributed by atoms with Gasteiger partial charge in [-0.25, -0.2) is 19.3 Å². The molecule has 2 N–H and O–H groups in total. The Hall–Kier alpha value is -3.76. The van der Waals surface area contributed by atoms with E-state index in [9.17, 15) is 17.6 Å². The minimum absolute atomic E-state index is 0.0468. The predicted octanol–water partition coefficient (Wildman–Crippen LogP) is 3.91. The maximum absolute atomic E-state index is 13.7. The van der Waals surface area contributed by atoms with Crippen LogP contribution in [0.4, 0.5) is 23.5 Å². The van der Waals surface area contributed by atoms with Crippen LogP contribution in [0.3, 0.4) is 0 Å². The average molecular weight is 418 g/mol. The van der Waals surface area contributed by atoms with Gasteiger partial charge in [-0.05, 0) is 36.8 Å². The minimum Gasteiger partial charge on any atom is -0.496 e. The molecule has 0 spiro atoms. The molecule has 3 aromatic heterocycles. The summed E-state index contributed by atoms with van der Waals surface area (Å²) in [6, 6.07) is 6.10. The van der Waals surface area contributed by atoms with Crippen LogP contribution in [0.25, 0.3) is 28.0 Å². The Bertz CT molecular complexity index is 1270. The molecule has 0 amide bonds. The van der Waals surface area contributed by atoms with Crippen molar-refractivity contribution in [1.29, 1.82) is 0 Å². The number of benzene rings is 1. The summed E-state index contributed by atoms with van der Waals surface area (Å²) in [4.78, 5) is 12.0. The van der Waals surface area contributed by atoms with Gasteiger partial charge in [0, 0.05) is 17.3 Å². The number of halogens is 4. The van der Waals surface area contributed by atoms with E-state index in [-0.39, 0.29) is 39.9 Å². The van der Waals surface area contributed by atoms with Gasteiger partial charge < -0.3 is 10.5 Å². The average Bonchev–Trinajstić information content (AvgIpc) is 3.17. The third-order valence-electron chi connectivity index (χ3n) is 4.40. The predicted molar refractivity (Wildman–Crippen MR) is 100 cm³/mol. The van der Waals surface area contributed by atoms with Crippen LogP contribution in [-0.2, 0) is 6.18 Å². The van der Waals surface area contributed by atoms with E-state index in [1.165, 1.54) is 43.1 Å². The van der Waals surface area contributed by atoms with Crippen molar-refractivity contribution < 1.29 is 22.3 Å². The number of rotatable bonds is 3.